The summed E-state index contributed by atoms with van der Waals surface area (Å²) in [5.41, 5.74) is 7.18. The van der Waals surface area contributed by atoms with Gasteiger partial charge in [-0.05, 0) is 25.1 Å². The summed E-state index contributed by atoms with van der Waals surface area (Å²) in [5, 5.41) is 1.17. The Balaban J connectivity index is 2.04. The molecule has 0 atom stereocenters. The lowest BCUT2D eigenvalue weighted by molar-refractivity contribution is -0.0497. The molecule has 4 N–H and O–H groups in total. The van der Waals surface area contributed by atoms with E-state index in [2.05, 4.69) is 14.7 Å². The second kappa shape index (κ2) is 8.45. The van der Waals surface area contributed by atoms with Gasteiger partial charge in [-0.15, -0.1) is 0 Å². The van der Waals surface area contributed by atoms with Gasteiger partial charge in [0.05, 0.1) is 16.4 Å². The van der Waals surface area contributed by atoms with Gasteiger partial charge in [0.25, 0.3) is 0 Å². The molecular weight excluding hydrogens is 356 g/mol. The Kier molecular flexibility index (Phi) is 6.31. The van der Waals surface area contributed by atoms with E-state index in [0.29, 0.717) is 5.69 Å². The normalized spacial score (nSPS) is 11.5. The smallest absolute Gasteiger partial charge is 0.387 e. The lowest BCUT2D eigenvalue weighted by Gasteiger charge is -2.17. The van der Waals surface area contributed by atoms with Crippen molar-refractivity contribution in [1.82, 2.24) is 9.97 Å². The SMILES string of the molecule is Cc1ccnc(OC/C(N)=C/N(N)c2ccc(Cl)c(OC(F)F)c2)n1. The Labute approximate surface area is 147 Å². The predicted molar refractivity (Wildman–Crippen MR) is 89.3 cm³/mol. The van der Waals surface area contributed by atoms with Gasteiger partial charge in [-0.1, -0.05) is 11.6 Å². The van der Waals surface area contributed by atoms with Gasteiger partial charge in [-0.3, -0.25) is 5.01 Å². The molecule has 2 rings (SSSR count). The molecule has 0 saturated heterocycles. The van der Waals surface area contributed by atoms with Gasteiger partial charge in [0.15, 0.2) is 0 Å². The molecule has 0 amide bonds. The average molecular weight is 372 g/mol. The molecule has 0 aliphatic rings. The maximum atomic E-state index is 12.3. The molecule has 0 aliphatic heterocycles. The highest BCUT2D eigenvalue weighted by atomic mass is 35.5. The second-order valence-corrected chi connectivity index (χ2v) is 5.28. The summed E-state index contributed by atoms with van der Waals surface area (Å²) in [7, 11) is 0. The van der Waals surface area contributed by atoms with Gasteiger partial charge in [-0.2, -0.15) is 8.78 Å². The topological polar surface area (TPSA) is 99.5 Å². The highest BCUT2D eigenvalue weighted by molar-refractivity contribution is 6.32. The van der Waals surface area contributed by atoms with Crippen LogP contribution in [0.3, 0.4) is 0 Å². The number of anilines is 1. The Bertz CT molecular complexity index is 760. The maximum Gasteiger partial charge on any atom is 0.387 e. The summed E-state index contributed by atoms with van der Waals surface area (Å²) in [5.74, 6) is 5.65. The second-order valence-electron chi connectivity index (χ2n) is 4.87. The van der Waals surface area contributed by atoms with E-state index < -0.39 is 6.61 Å². The lowest BCUT2D eigenvalue weighted by atomic mass is 10.3. The fraction of sp³-hybridized carbons (Fsp3) is 0.200. The van der Waals surface area contributed by atoms with E-state index in [9.17, 15) is 8.78 Å². The molecule has 0 unspecified atom stereocenters. The van der Waals surface area contributed by atoms with Gasteiger partial charge >= 0.3 is 12.6 Å². The highest BCUT2D eigenvalue weighted by Crippen LogP contribution is 2.30. The number of alkyl halides is 2. The van der Waals surface area contributed by atoms with E-state index in [1.165, 1.54) is 24.4 Å². The molecule has 1 heterocycles. The fourth-order valence-electron chi connectivity index (χ4n) is 1.77. The van der Waals surface area contributed by atoms with Crippen molar-refractivity contribution in [1.29, 1.82) is 0 Å². The van der Waals surface area contributed by atoms with Crippen LogP contribution in [-0.4, -0.2) is 23.2 Å². The summed E-state index contributed by atoms with van der Waals surface area (Å²) >= 11 is 5.79. The minimum absolute atomic E-state index is 0.00880. The third kappa shape index (κ3) is 5.73. The zero-order chi connectivity index (χ0) is 18.4. The molecule has 0 saturated carbocycles. The number of rotatable bonds is 7. The first-order valence-electron chi connectivity index (χ1n) is 7.02. The molecular formula is C15H16ClF2N5O2. The molecule has 10 heteroatoms. The summed E-state index contributed by atoms with van der Waals surface area (Å²) in [4.78, 5) is 8.00. The number of ether oxygens (including phenoxy) is 2. The monoisotopic (exact) mass is 371 g/mol. The van der Waals surface area contributed by atoms with Gasteiger partial charge < -0.3 is 15.2 Å². The van der Waals surface area contributed by atoms with Crippen molar-refractivity contribution in [3.8, 4) is 11.8 Å². The first-order chi connectivity index (χ1) is 11.8. The van der Waals surface area contributed by atoms with Crippen molar-refractivity contribution in [2.45, 2.75) is 13.5 Å². The number of hydrazine groups is 1. The van der Waals surface area contributed by atoms with Crippen LogP contribution in [0.2, 0.25) is 5.02 Å². The molecule has 0 fully saturated rings. The number of benzene rings is 1. The predicted octanol–water partition coefficient (Wildman–Crippen LogP) is 2.60. The van der Waals surface area contributed by atoms with Crippen molar-refractivity contribution in [3.05, 3.63) is 53.1 Å². The highest BCUT2D eigenvalue weighted by Gasteiger charge is 2.11. The Hall–Kier alpha value is -2.65. The van der Waals surface area contributed by atoms with Crippen molar-refractivity contribution < 1.29 is 18.3 Å². The first kappa shape index (κ1) is 18.7. The summed E-state index contributed by atoms with van der Waals surface area (Å²) in [6, 6.07) is 6.08. The Morgan fingerprint density at radius 1 is 1.40 bits per heavy atom. The van der Waals surface area contributed by atoms with Crippen LogP contribution in [0.25, 0.3) is 0 Å². The summed E-state index contributed by atoms with van der Waals surface area (Å²) < 4.78 is 34.3. The zero-order valence-electron chi connectivity index (χ0n) is 13.2. The molecule has 1 aromatic heterocycles. The van der Waals surface area contributed by atoms with E-state index in [1.807, 2.05) is 0 Å². The standard InChI is InChI=1S/C15H16ClF2N5O2/c1-9-4-5-21-15(22-9)24-8-10(19)7-23(20)11-2-3-12(16)13(6-11)25-14(17)18/h2-7,14H,8,19-20H2,1H3/b10-7-. The van der Waals surface area contributed by atoms with E-state index in [4.69, 9.17) is 27.9 Å². The van der Waals surface area contributed by atoms with E-state index in [1.54, 1.807) is 19.2 Å². The van der Waals surface area contributed by atoms with Crippen molar-refractivity contribution >= 4 is 17.3 Å². The van der Waals surface area contributed by atoms with Gasteiger partial charge in [0.2, 0.25) is 0 Å². The number of hydrogen-bond donors (Lipinski definition) is 2. The molecule has 0 bridgehead atoms. The van der Waals surface area contributed by atoms with Crippen LogP contribution in [-0.2, 0) is 0 Å². The van der Waals surface area contributed by atoms with E-state index >= 15 is 0 Å². The number of halogens is 3. The number of nitrogens with two attached hydrogens (primary N) is 2. The molecule has 25 heavy (non-hydrogen) atoms. The van der Waals surface area contributed by atoms with Gasteiger partial charge in [0.1, 0.15) is 12.4 Å². The Morgan fingerprint density at radius 2 is 2.16 bits per heavy atom. The number of aryl methyl sites for hydroxylation is 1. The van der Waals surface area contributed by atoms with Crippen LogP contribution >= 0.6 is 11.6 Å². The largest absolute Gasteiger partial charge is 0.457 e. The molecule has 0 radical (unpaired) electrons. The van der Waals surface area contributed by atoms with Crippen LogP contribution in [0, 0.1) is 6.92 Å². The lowest BCUT2D eigenvalue weighted by Crippen LogP contribution is -2.27. The molecule has 1 aromatic carbocycles. The molecule has 7 nitrogen and oxygen atoms in total. The number of aromatic nitrogens is 2. The quantitative estimate of drug-likeness (QED) is 0.570. The van der Waals surface area contributed by atoms with Gasteiger partial charge in [0, 0.05) is 24.2 Å². The first-order valence-corrected chi connectivity index (χ1v) is 7.40. The fourth-order valence-corrected chi connectivity index (χ4v) is 1.93. The van der Waals surface area contributed by atoms with E-state index in [-0.39, 0.29) is 29.1 Å². The third-order valence-corrected chi connectivity index (χ3v) is 3.19. The number of hydrogen-bond acceptors (Lipinski definition) is 7. The van der Waals surface area contributed by atoms with Crippen LogP contribution in [0.1, 0.15) is 5.69 Å². The third-order valence-electron chi connectivity index (χ3n) is 2.87. The van der Waals surface area contributed by atoms with E-state index in [0.717, 1.165) is 10.7 Å². The van der Waals surface area contributed by atoms with Gasteiger partial charge in [-0.25, -0.2) is 15.8 Å². The summed E-state index contributed by atoms with van der Waals surface area (Å²) in [6.45, 7) is -1.21. The summed E-state index contributed by atoms with van der Waals surface area (Å²) in [6.07, 6.45) is 2.93. The van der Waals surface area contributed by atoms with Crippen LogP contribution < -0.4 is 26.1 Å². The van der Waals surface area contributed by atoms with Crippen LogP contribution in [0.15, 0.2) is 42.4 Å². The van der Waals surface area contributed by atoms with Crippen molar-refractivity contribution in [2.75, 3.05) is 11.6 Å². The molecule has 2 aromatic rings. The van der Waals surface area contributed by atoms with Crippen molar-refractivity contribution in [2.24, 2.45) is 11.6 Å². The van der Waals surface area contributed by atoms with Crippen LogP contribution in [0.5, 0.6) is 11.8 Å². The minimum atomic E-state index is -3.00. The zero-order valence-corrected chi connectivity index (χ0v) is 14.0. The Morgan fingerprint density at radius 3 is 2.84 bits per heavy atom. The molecule has 0 spiro atoms. The number of nitrogens with zero attached hydrogens (tertiary/aromatic N) is 3. The maximum absolute atomic E-state index is 12.3. The van der Waals surface area contributed by atoms with Crippen LogP contribution in [0.4, 0.5) is 14.5 Å². The minimum Gasteiger partial charge on any atom is -0.457 e. The molecule has 134 valence electrons. The average Bonchev–Trinajstić information content (AvgIpc) is 2.54. The van der Waals surface area contributed by atoms with Crippen molar-refractivity contribution in [3.63, 3.8) is 0 Å². The molecule has 0 aliphatic carbocycles.